The molecule has 0 unspecified atom stereocenters. The minimum Gasteiger partial charge on any atom is -0.371 e. The van der Waals surface area contributed by atoms with E-state index in [9.17, 15) is 9.59 Å². The van der Waals surface area contributed by atoms with Gasteiger partial charge in [-0.3, -0.25) is 9.78 Å². The lowest BCUT2D eigenvalue weighted by molar-refractivity contribution is 0.197. The highest BCUT2D eigenvalue weighted by Crippen LogP contribution is 2.15. The molecule has 0 atom stereocenters. The molecular formula is C11H10N2O3. The Labute approximate surface area is 90.9 Å². The molecule has 0 saturated carbocycles. The Morgan fingerprint density at radius 2 is 1.94 bits per heavy atom. The van der Waals surface area contributed by atoms with Gasteiger partial charge in [-0.2, -0.15) is 0 Å². The molecule has 1 N–H and O–H groups in total. The smallest absolute Gasteiger partial charge is 0.361 e. The molecule has 0 radical (unpaired) electrons. The molecule has 0 aliphatic heterocycles. The zero-order valence-corrected chi connectivity index (χ0v) is 8.64. The highest BCUT2D eigenvalue weighted by atomic mass is 16.7. The Balaban J connectivity index is 2.38. The van der Waals surface area contributed by atoms with Crippen molar-refractivity contribution in [2.24, 2.45) is 0 Å². The fourth-order valence-electron chi connectivity index (χ4n) is 1.24. The Hall–Kier alpha value is -2.30. The first-order chi connectivity index (χ1) is 7.66. The maximum absolute atomic E-state index is 11.3. The van der Waals surface area contributed by atoms with Crippen molar-refractivity contribution < 1.29 is 4.84 Å². The minimum atomic E-state index is -0.601. The summed E-state index contributed by atoms with van der Waals surface area (Å²) in [4.78, 5) is 29.6. The lowest BCUT2D eigenvalue weighted by atomic mass is 10.2. The SMILES string of the molecule is Cc1ccccc1On1ccc(=O)[nH]c1=O. The van der Waals surface area contributed by atoms with Crippen molar-refractivity contribution >= 4 is 0 Å². The molecule has 0 spiro atoms. The van der Waals surface area contributed by atoms with Gasteiger partial charge in [-0.05, 0) is 18.6 Å². The summed E-state index contributed by atoms with van der Waals surface area (Å²) in [6.07, 6.45) is 1.29. The van der Waals surface area contributed by atoms with Gasteiger partial charge in [0, 0.05) is 6.07 Å². The van der Waals surface area contributed by atoms with Crippen LogP contribution in [0.4, 0.5) is 0 Å². The topological polar surface area (TPSA) is 64.1 Å². The monoisotopic (exact) mass is 218 g/mol. The van der Waals surface area contributed by atoms with Gasteiger partial charge in [0.05, 0.1) is 6.20 Å². The predicted molar refractivity (Wildman–Crippen MR) is 58.5 cm³/mol. The predicted octanol–water partition coefficient (Wildman–Crippen LogP) is 0.687. The maximum Gasteiger partial charge on any atom is 0.361 e. The van der Waals surface area contributed by atoms with E-state index in [-0.39, 0.29) is 0 Å². The molecule has 2 rings (SSSR count). The highest BCUT2D eigenvalue weighted by molar-refractivity contribution is 5.31. The number of hydrogen-bond acceptors (Lipinski definition) is 3. The zero-order chi connectivity index (χ0) is 11.5. The van der Waals surface area contributed by atoms with E-state index in [2.05, 4.69) is 4.98 Å². The quantitative estimate of drug-likeness (QED) is 0.806. The Bertz CT molecular complexity index is 613. The number of nitrogens with one attached hydrogen (secondary N) is 1. The van der Waals surface area contributed by atoms with Crippen LogP contribution in [0.15, 0.2) is 46.1 Å². The van der Waals surface area contributed by atoms with Gasteiger partial charge >= 0.3 is 5.69 Å². The number of aromatic amines is 1. The number of hydrogen-bond donors (Lipinski definition) is 1. The lowest BCUT2D eigenvalue weighted by Crippen LogP contribution is -2.31. The molecule has 1 aromatic carbocycles. The molecule has 0 aliphatic carbocycles. The molecule has 0 saturated heterocycles. The average Bonchev–Trinajstić information content (AvgIpc) is 2.25. The molecule has 82 valence electrons. The lowest BCUT2D eigenvalue weighted by Gasteiger charge is -2.08. The summed E-state index contributed by atoms with van der Waals surface area (Å²) in [6.45, 7) is 1.87. The van der Waals surface area contributed by atoms with Gasteiger partial charge < -0.3 is 4.84 Å². The minimum absolute atomic E-state index is 0.449. The number of aromatic nitrogens is 2. The summed E-state index contributed by atoms with van der Waals surface area (Å²) >= 11 is 0. The van der Waals surface area contributed by atoms with Crippen molar-refractivity contribution in [1.82, 2.24) is 9.71 Å². The van der Waals surface area contributed by atoms with Crippen LogP contribution in [0.3, 0.4) is 0 Å². The third-order valence-electron chi connectivity index (χ3n) is 2.08. The van der Waals surface area contributed by atoms with Crippen molar-refractivity contribution in [2.75, 3.05) is 0 Å². The Morgan fingerprint density at radius 3 is 2.62 bits per heavy atom. The summed E-state index contributed by atoms with van der Waals surface area (Å²) in [5.74, 6) is 0.566. The number of para-hydroxylation sites is 1. The van der Waals surface area contributed by atoms with Crippen LogP contribution in [-0.4, -0.2) is 9.71 Å². The molecule has 16 heavy (non-hydrogen) atoms. The van der Waals surface area contributed by atoms with Gasteiger partial charge in [0.1, 0.15) is 0 Å². The third-order valence-corrected chi connectivity index (χ3v) is 2.08. The molecule has 1 aromatic heterocycles. The molecule has 5 heteroatoms. The Morgan fingerprint density at radius 1 is 1.19 bits per heavy atom. The van der Waals surface area contributed by atoms with E-state index in [1.807, 2.05) is 19.1 Å². The summed E-state index contributed by atoms with van der Waals surface area (Å²) in [6, 6.07) is 8.51. The van der Waals surface area contributed by atoms with Crippen molar-refractivity contribution in [1.29, 1.82) is 0 Å². The normalized spacial score (nSPS) is 10.1. The van der Waals surface area contributed by atoms with E-state index in [1.165, 1.54) is 12.3 Å². The summed E-state index contributed by atoms with van der Waals surface area (Å²) in [7, 11) is 0. The molecule has 0 fully saturated rings. The molecule has 2 aromatic rings. The van der Waals surface area contributed by atoms with E-state index >= 15 is 0 Å². The van der Waals surface area contributed by atoms with E-state index in [4.69, 9.17) is 4.84 Å². The molecule has 0 aliphatic rings. The zero-order valence-electron chi connectivity index (χ0n) is 8.64. The number of rotatable bonds is 2. The number of benzene rings is 1. The second kappa shape index (κ2) is 4.06. The molecule has 0 amide bonds. The van der Waals surface area contributed by atoms with Gasteiger partial charge in [-0.15, -0.1) is 4.73 Å². The summed E-state index contributed by atoms with van der Waals surface area (Å²) in [5, 5.41) is 0. The van der Waals surface area contributed by atoms with Gasteiger partial charge in [-0.1, -0.05) is 18.2 Å². The van der Waals surface area contributed by atoms with Crippen LogP contribution >= 0.6 is 0 Å². The van der Waals surface area contributed by atoms with Crippen LogP contribution in [0.2, 0.25) is 0 Å². The second-order valence-corrected chi connectivity index (χ2v) is 3.29. The third kappa shape index (κ3) is 2.03. The first-order valence-electron chi connectivity index (χ1n) is 4.73. The van der Waals surface area contributed by atoms with Crippen LogP contribution in [0.1, 0.15) is 5.56 Å². The van der Waals surface area contributed by atoms with E-state index in [1.54, 1.807) is 12.1 Å². The van der Waals surface area contributed by atoms with Gasteiger partial charge in [0.15, 0.2) is 5.75 Å². The summed E-state index contributed by atoms with van der Waals surface area (Å²) < 4.78 is 0.976. The first kappa shape index (κ1) is 10.2. The first-order valence-corrected chi connectivity index (χ1v) is 4.73. The Kier molecular flexibility index (Phi) is 2.59. The number of H-pyrrole nitrogens is 1. The second-order valence-electron chi connectivity index (χ2n) is 3.29. The average molecular weight is 218 g/mol. The van der Waals surface area contributed by atoms with Crippen LogP contribution in [0.25, 0.3) is 0 Å². The molecule has 0 bridgehead atoms. The highest BCUT2D eigenvalue weighted by Gasteiger charge is 2.01. The van der Waals surface area contributed by atoms with E-state index < -0.39 is 11.2 Å². The molecule has 1 heterocycles. The number of nitrogens with zero attached hydrogens (tertiary/aromatic N) is 1. The van der Waals surface area contributed by atoms with Gasteiger partial charge in [0.25, 0.3) is 5.56 Å². The molecule has 5 nitrogen and oxygen atoms in total. The standard InChI is InChI=1S/C11H10N2O3/c1-8-4-2-3-5-9(8)16-13-7-6-10(14)12-11(13)15/h2-7H,1H3,(H,12,14,15). The van der Waals surface area contributed by atoms with E-state index in [0.717, 1.165) is 10.3 Å². The largest absolute Gasteiger partial charge is 0.371 e. The van der Waals surface area contributed by atoms with Crippen molar-refractivity contribution in [3.63, 3.8) is 0 Å². The van der Waals surface area contributed by atoms with Crippen LogP contribution in [-0.2, 0) is 0 Å². The van der Waals surface area contributed by atoms with E-state index in [0.29, 0.717) is 5.75 Å². The number of aryl methyl sites for hydroxylation is 1. The van der Waals surface area contributed by atoms with Gasteiger partial charge in [0.2, 0.25) is 0 Å². The fourth-order valence-corrected chi connectivity index (χ4v) is 1.24. The fraction of sp³-hybridized carbons (Fsp3) is 0.0909. The van der Waals surface area contributed by atoms with Crippen molar-refractivity contribution in [3.8, 4) is 5.75 Å². The van der Waals surface area contributed by atoms with Crippen molar-refractivity contribution in [2.45, 2.75) is 6.92 Å². The summed E-state index contributed by atoms with van der Waals surface area (Å²) in [5.41, 5.74) is -0.147. The van der Waals surface area contributed by atoms with Crippen LogP contribution in [0, 0.1) is 6.92 Å². The van der Waals surface area contributed by atoms with Gasteiger partial charge in [-0.25, -0.2) is 4.79 Å². The van der Waals surface area contributed by atoms with Crippen LogP contribution < -0.4 is 16.1 Å². The molecular weight excluding hydrogens is 208 g/mol. The van der Waals surface area contributed by atoms with Crippen LogP contribution in [0.5, 0.6) is 5.75 Å². The van der Waals surface area contributed by atoms with Crippen molar-refractivity contribution in [3.05, 3.63) is 62.9 Å². The maximum atomic E-state index is 11.3.